The highest BCUT2D eigenvalue weighted by Gasteiger charge is 2.42. The maximum atomic E-state index is 14.0. The van der Waals surface area contributed by atoms with Crippen molar-refractivity contribution in [2.75, 3.05) is 24.3 Å². The molecule has 0 spiro atoms. The first kappa shape index (κ1) is 26.8. The van der Waals surface area contributed by atoms with Gasteiger partial charge in [0.25, 0.3) is 0 Å². The molecule has 7 heteroatoms. The molecule has 0 saturated heterocycles. The lowest BCUT2D eigenvalue weighted by molar-refractivity contribution is -0.112. The minimum atomic E-state index is -3.64. The zero-order valence-corrected chi connectivity index (χ0v) is 22.1. The molecule has 0 saturated carbocycles. The van der Waals surface area contributed by atoms with Crippen LogP contribution in [0, 0.1) is 5.41 Å². The predicted octanol–water partition coefficient (Wildman–Crippen LogP) is 6.47. The van der Waals surface area contributed by atoms with Crippen LogP contribution in [0.15, 0.2) is 59.7 Å². The summed E-state index contributed by atoms with van der Waals surface area (Å²) >= 11 is 0. The summed E-state index contributed by atoms with van der Waals surface area (Å²) in [4.78, 5) is 13.7. The molecular weight excluding hydrogens is 462 g/mol. The molecule has 0 bridgehead atoms. The first-order valence-corrected chi connectivity index (χ1v) is 14.0. The molecular formula is C28H37NO5S. The van der Waals surface area contributed by atoms with Crippen LogP contribution in [-0.4, -0.2) is 33.6 Å². The van der Waals surface area contributed by atoms with Gasteiger partial charge >= 0.3 is 0 Å². The molecule has 0 N–H and O–H groups in total. The maximum absolute atomic E-state index is 14.0. The van der Waals surface area contributed by atoms with E-state index in [2.05, 4.69) is 18.7 Å². The van der Waals surface area contributed by atoms with Crippen molar-refractivity contribution in [2.45, 2.75) is 64.2 Å². The number of rotatable bonds is 11. The van der Waals surface area contributed by atoms with Crippen LogP contribution >= 0.6 is 0 Å². The molecule has 3 rings (SSSR count). The van der Waals surface area contributed by atoms with E-state index < -0.39 is 9.84 Å². The molecule has 0 fully saturated rings. The fourth-order valence-electron chi connectivity index (χ4n) is 4.76. The molecule has 0 radical (unpaired) electrons. The molecule has 0 aliphatic carbocycles. The predicted molar refractivity (Wildman–Crippen MR) is 140 cm³/mol. The van der Waals surface area contributed by atoms with Crippen LogP contribution in [0.1, 0.15) is 59.3 Å². The highest BCUT2D eigenvalue weighted by atomic mass is 32.2. The second kappa shape index (κ2) is 11.8. The van der Waals surface area contributed by atoms with Crippen molar-refractivity contribution in [3.63, 3.8) is 0 Å². The van der Waals surface area contributed by atoms with Crippen LogP contribution in [0.2, 0.25) is 0 Å². The van der Waals surface area contributed by atoms with Crippen LogP contribution in [0.3, 0.4) is 0 Å². The van der Waals surface area contributed by atoms with Gasteiger partial charge in [-0.25, -0.2) is 8.42 Å². The van der Waals surface area contributed by atoms with Crippen LogP contribution in [0.25, 0.3) is 0 Å². The molecule has 0 aromatic heterocycles. The Kier molecular flexibility index (Phi) is 9.00. The Balaban J connectivity index is 2.22. The quantitative estimate of drug-likeness (QED) is 0.261. The lowest BCUT2D eigenvalue weighted by atomic mass is 9.79. The largest absolute Gasteiger partial charge is 0.493 e. The number of carbonyl (C=O) groups excluding carboxylic acids is 1. The number of ether oxygens (including phenoxy) is 2. The number of para-hydroxylation sites is 1. The number of benzene rings is 2. The summed E-state index contributed by atoms with van der Waals surface area (Å²) in [5.41, 5.74) is 1.16. The van der Waals surface area contributed by atoms with E-state index in [1.165, 1.54) is 26.4 Å². The molecule has 2 aromatic carbocycles. The molecule has 0 amide bonds. The van der Waals surface area contributed by atoms with E-state index in [9.17, 15) is 13.2 Å². The summed E-state index contributed by atoms with van der Waals surface area (Å²) in [5.74, 6) is 0.585. The first-order valence-electron chi connectivity index (χ1n) is 12.4. The number of hydrogen-bond acceptors (Lipinski definition) is 6. The third-order valence-corrected chi connectivity index (χ3v) is 8.54. The number of anilines is 2. The van der Waals surface area contributed by atoms with E-state index in [0.717, 1.165) is 44.2 Å². The fraction of sp³-hybridized carbons (Fsp3) is 0.464. The number of allylic oxidation sites excluding steroid dienone is 1. The average Bonchev–Trinajstić information content (AvgIpc) is 2.93. The van der Waals surface area contributed by atoms with Crippen molar-refractivity contribution in [2.24, 2.45) is 5.41 Å². The Bertz CT molecular complexity index is 1130. The van der Waals surface area contributed by atoms with Crippen LogP contribution < -0.4 is 14.4 Å². The summed E-state index contributed by atoms with van der Waals surface area (Å²) in [5, 5.41) is 0. The zero-order valence-electron chi connectivity index (χ0n) is 21.2. The van der Waals surface area contributed by atoms with Gasteiger partial charge in [-0.05, 0) is 31.9 Å². The fourth-order valence-corrected chi connectivity index (χ4v) is 6.88. The van der Waals surface area contributed by atoms with Gasteiger partial charge in [0.1, 0.15) is 0 Å². The topological polar surface area (TPSA) is 72.9 Å². The lowest BCUT2D eigenvalue weighted by Gasteiger charge is -2.37. The van der Waals surface area contributed by atoms with Gasteiger partial charge in [0, 0.05) is 35.9 Å². The zero-order chi connectivity index (χ0) is 25.5. The first-order chi connectivity index (χ1) is 16.7. The van der Waals surface area contributed by atoms with Gasteiger partial charge in [0.05, 0.1) is 29.7 Å². The Labute approximate surface area is 209 Å². The number of methoxy groups -OCH3 is 1. The number of sulfone groups is 1. The molecule has 6 nitrogen and oxygen atoms in total. The third-order valence-electron chi connectivity index (χ3n) is 6.55. The van der Waals surface area contributed by atoms with Gasteiger partial charge in [-0.15, -0.1) is 0 Å². The lowest BCUT2D eigenvalue weighted by Crippen LogP contribution is -2.38. The standard InChI is InChI=1S/C28H37NO5S/c1-5-7-15-28(16-8-6-2)20-29(23-12-10-9-11-13-23)24-18-25(33-4)26(34-17-14-22(3)30)19-27(24)35(31,32)21-28/h9-14,17-19H,5-8,15-16,20-21H2,1-4H3/b17-14-. The molecule has 0 unspecified atom stereocenters. The number of nitrogens with zero attached hydrogens (tertiary/aromatic N) is 1. The Morgan fingerprint density at radius 1 is 1.06 bits per heavy atom. The van der Waals surface area contributed by atoms with Crippen molar-refractivity contribution in [1.82, 2.24) is 0 Å². The Morgan fingerprint density at radius 3 is 2.29 bits per heavy atom. The molecule has 1 aliphatic heterocycles. The summed E-state index contributed by atoms with van der Waals surface area (Å²) in [7, 11) is -2.12. The van der Waals surface area contributed by atoms with E-state index in [1.807, 2.05) is 30.3 Å². The van der Waals surface area contributed by atoms with Crippen molar-refractivity contribution in [3.05, 3.63) is 54.8 Å². The van der Waals surface area contributed by atoms with Gasteiger partial charge in [-0.2, -0.15) is 0 Å². The van der Waals surface area contributed by atoms with Gasteiger partial charge in [0.15, 0.2) is 27.1 Å². The monoisotopic (exact) mass is 499 g/mol. The molecule has 2 aromatic rings. The minimum absolute atomic E-state index is 0.0887. The number of hydrogen-bond donors (Lipinski definition) is 0. The molecule has 1 aliphatic rings. The second-order valence-corrected chi connectivity index (χ2v) is 11.3. The van der Waals surface area contributed by atoms with Gasteiger partial charge < -0.3 is 14.4 Å². The highest BCUT2D eigenvalue weighted by Crippen LogP contribution is 2.48. The molecule has 1 heterocycles. The van der Waals surface area contributed by atoms with Crippen molar-refractivity contribution in [1.29, 1.82) is 0 Å². The summed E-state index contributed by atoms with van der Waals surface area (Å²) in [6, 6.07) is 13.2. The van der Waals surface area contributed by atoms with Gasteiger partial charge in [0.2, 0.25) is 0 Å². The number of fused-ring (bicyclic) bond motifs is 1. The third kappa shape index (κ3) is 6.45. The van der Waals surface area contributed by atoms with Crippen molar-refractivity contribution >= 4 is 27.0 Å². The van der Waals surface area contributed by atoms with E-state index in [0.29, 0.717) is 18.0 Å². The number of unbranched alkanes of at least 4 members (excludes halogenated alkanes) is 2. The van der Waals surface area contributed by atoms with E-state index in [-0.39, 0.29) is 27.6 Å². The van der Waals surface area contributed by atoms with Gasteiger partial charge in [-0.3, -0.25) is 4.79 Å². The molecule has 190 valence electrons. The average molecular weight is 500 g/mol. The summed E-state index contributed by atoms with van der Waals surface area (Å²) in [6.45, 7) is 6.32. The summed E-state index contributed by atoms with van der Waals surface area (Å²) < 4.78 is 39.1. The van der Waals surface area contributed by atoms with Crippen molar-refractivity contribution in [3.8, 4) is 11.5 Å². The Hall–Kier alpha value is -2.80. The maximum Gasteiger partial charge on any atom is 0.181 e. The molecule has 0 atom stereocenters. The number of carbonyl (C=O) groups is 1. The Morgan fingerprint density at radius 2 is 1.71 bits per heavy atom. The van der Waals surface area contributed by atoms with Crippen LogP contribution in [0.5, 0.6) is 11.5 Å². The minimum Gasteiger partial charge on any atom is -0.493 e. The summed E-state index contributed by atoms with van der Waals surface area (Å²) in [6.07, 6.45) is 8.23. The SMILES string of the molecule is CCCCC1(CCCC)CN(c2ccccc2)c2cc(OC)c(O/C=C\C(C)=O)cc2S(=O)(=O)C1. The van der Waals surface area contributed by atoms with E-state index in [1.54, 1.807) is 12.1 Å². The normalized spacial score (nSPS) is 16.5. The van der Waals surface area contributed by atoms with Crippen LogP contribution in [0.4, 0.5) is 11.4 Å². The van der Waals surface area contributed by atoms with E-state index >= 15 is 0 Å². The van der Waals surface area contributed by atoms with Crippen molar-refractivity contribution < 1.29 is 22.7 Å². The van der Waals surface area contributed by atoms with Gasteiger partial charge in [-0.1, -0.05) is 57.7 Å². The second-order valence-electron chi connectivity index (χ2n) is 9.39. The highest BCUT2D eigenvalue weighted by molar-refractivity contribution is 7.91. The van der Waals surface area contributed by atoms with E-state index in [4.69, 9.17) is 9.47 Å². The number of ketones is 1. The molecule has 35 heavy (non-hydrogen) atoms. The smallest absolute Gasteiger partial charge is 0.181 e. The van der Waals surface area contributed by atoms with Crippen LogP contribution in [-0.2, 0) is 14.6 Å².